The second kappa shape index (κ2) is 11.2. The first-order valence-corrected chi connectivity index (χ1v) is 13.7. The fourth-order valence-corrected chi connectivity index (χ4v) is 5.80. The van der Waals surface area contributed by atoms with Gasteiger partial charge in [-0.05, 0) is 59.2 Å². The molecule has 3 heterocycles. The molecule has 0 aliphatic heterocycles. The Bertz CT molecular complexity index is 1670. The van der Waals surface area contributed by atoms with Crippen LogP contribution in [0.1, 0.15) is 35.3 Å². The van der Waals surface area contributed by atoms with Gasteiger partial charge in [0.2, 0.25) is 0 Å². The number of benzene rings is 2. The summed E-state index contributed by atoms with van der Waals surface area (Å²) in [5.74, 6) is 0.354. The predicted molar refractivity (Wildman–Crippen MR) is 155 cm³/mol. The van der Waals surface area contributed by atoms with Crippen LogP contribution in [0.2, 0.25) is 0 Å². The molecule has 2 aromatic carbocycles. The lowest BCUT2D eigenvalue weighted by atomic mass is 10.0. The fourth-order valence-electron chi connectivity index (χ4n) is 4.86. The van der Waals surface area contributed by atoms with Crippen molar-refractivity contribution in [1.29, 1.82) is 0 Å². The molecule has 194 valence electrons. The Morgan fingerprint density at radius 3 is 2.55 bits per heavy atom. The third kappa shape index (κ3) is 4.95. The molecule has 0 radical (unpaired) electrons. The van der Waals surface area contributed by atoms with E-state index in [9.17, 15) is 9.59 Å². The summed E-state index contributed by atoms with van der Waals surface area (Å²) in [6.45, 7) is 7.56. The van der Waals surface area contributed by atoms with Crippen LogP contribution in [0.15, 0.2) is 83.1 Å². The molecule has 5 aromatic rings. The summed E-state index contributed by atoms with van der Waals surface area (Å²) in [7, 11) is 1.58. The lowest BCUT2D eigenvalue weighted by Crippen LogP contribution is -2.26. The van der Waals surface area contributed by atoms with Crippen LogP contribution in [-0.4, -0.2) is 35.4 Å². The fraction of sp³-hybridized carbons (Fsp3) is 0.226. The third-order valence-corrected chi connectivity index (χ3v) is 7.87. The van der Waals surface area contributed by atoms with Gasteiger partial charge in [-0.1, -0.05) is 56.3 Å². The van der Waals surface area contributed by atoms with Crippen molar-refractivity contribution >= 4 is 32.8 Å². The Balaban J connectivity index is 1.55. The number of hydrogen-bond acceptors (Lipinski definition) is 5. The van der Waals surface area contributed by atoms with Crippen molar-refractivity contribution in [2.24, 2.45) is 0 Å². The summed E-state index contributed by atoms with van der Waals surface area (Å²) < 4.78 is 8.02. The molecule has 3 aromatic heterocycles. The van der Waals surface area contributed by atoms with Gasteiger partial charge in [-0.2, -0.15) is 0 Å². The van der Waals surface area contributed by atoms with Crippen LogP contribution in [0.4, 0.5) is 0 Å². The number of rotatable bonds is 9. The maximum atomic E-state index is 13.7. The molecule has 1 amide bonds. The molecule has 38 heavy (non-hydrogen) atoms. The van der Waals surface area contributed by atoms with Crippen LogP contribution >= 0.6 is 11.3 Å². The molecule has 0 aliphatic carbocycles. The highest BCUT2D eigenvalue weighted by Gasteiger charge is 2.20. The van der Waals surface area contributed by atoms with Crippen molar-refractivity contribution < 1.29 is 9.53 Å². The van der Waals surface area contributed by atoms with E-state index in [1.807, 2.05) is 53.9 Å². The van der Waals surface area contributed by atoms with Crippen LogP contribution in [0.5, 0.6) is 5.75 Å². The number of hydrogen-bond donors (Lipinski definition) is 1. The number of fused-ring (bicyclic) bond motifs is 3. The maximum absolute atomic E-state index is 13.7. The SMILES string of the molecule is CCN(CC)Cc1cccc(CNC(=O)c2cc(-c3ccccc3OC)c(=O)n3ccc4ccsc4c23)c1. The smallest absolute Gasteiger partial charge is 0.263 e. The zero-order valence-electron chi connectivity index (χ0n) is 21.9. The van der Waals surface area contributed by atoms with Gasteiger partial charge >= 0.3 is 0 Å². The second-order valence-electron chi connectivity index (χ2n) is 9.18. The number of thiophene rings is 1. The summed E-state index contributed by atoms with van der Waals surface area (Å²) in [4.78, 5) is 29.8. The van der Waals surface area contributed by atoms with Gasteiger partial charge in [0, 0.05) is 24.8 Å². The molecular formula is C31H31N3O3S. The highest BCUT2D eigenvalue weighted by atomic mass is 32.1. The zero-order valence-corrected chi connectivity index (χ0v) is 22.7. The number of methoxy groups -OCH3 is 1. The molecule has 6 nitrogen and oxygen atoms in total. The van der Waals surface area contributed by atoms with Gasteiger partial charge in [0.15, 0.2) is 0 Å². The molecule has 0 unspecified atom stereocenters. The van der Waals surface area contributed by atoms with E-state index in [0.717, 1.165) is 35.3 Å². The van der Waals surface area contributed by atoms with E-state index < -0.39 is 0 Å². The average molecular weight is 526 g/mol. The van der Waals surface area contributed by atoms with Crippen LogP contribution in [0.25, 0.3) is 26.7 Å². The maximum Gasteiger partial charge on any atom is 0.263 e. The molecule has 7 heteroatoms. The van der Waals surface area contributed by atoms with E-state index in [-0.39, 0.29) is 11.5 Å². The summed E-state index contributed by atoms with van der Waals surface area (Å²) in [6, 6.07) is 21.3. The largest absolute Gasteiger partial charge is 0.496 e. The zero-order chi connectivity index (χ0) is 26.6. The lowest BCUT2D eigenvalue weighted by Gasteiger charge is -2.18. The Labute approximate surface area is 226 Å². The molecule has 0 saturated carbocycles. The normalized spacial score (nSPS) is 11.4. The van der Waals surface area contributed by atoms with E-state index in [4.69, 9.17) is 4.74 Å². The summed E-state index contributed by atoms with van der Waals surface area (Å²) in [5.41, 5.74) is 4.20. The van der Waals surface area contributed by atoms with Gasteiger partial charge in [0.25, 0.3) is 11.5 Å². The van der Waals surface area contributed by atoms with E-state index in [0.29, 0.717) is 34.5 Å². The minimum Gasteiger partial charge on any atom is -0.496 e. The number of pyridine rings is 2. The number of nitrogens with one attached hydrogen (secondary N) is 1. The summed E-state index contributed by atoms with van der Waals surface area (Å²) in [6.07, 6.45) is 1.75. The van der Waals surface area contributed by atoms with Gasteiger partial charge in [0.05, 0.1) is 28.5 Å². The number of ether oxygens (including phenoxy) is 1. The van der Waals surface area contributed by atoms with Crippen molar-refractivity contribution in [1.82, 2.24) is 14.6 Å². The summed E-state index contributed by atoms with van der Waals surface area (Å²) >= 11 is 1.52. The highest BCUT2D eigenvalue weighted by molar-refractivity contribution is 7.18. The third-order valence-electron chi connectivity index (χ3n) is 6.93. The van der Waals surface area contributed by atoms with Crippen molar-refractivity contribution in [3.63, 3.8) is 0 Å². The average Bonchev–Trinajstić information content (AvgIpc) is 3.44. The molecule has 0 bridgehead atoms. The van der Waals surface area contributed by atoms with E-state index in [1.54, 1.807) is 23.8 Å². The van der Waals surface area contributed by atoms with Crippen molar-refractivity contribution in [2.45, 2.75) is 26.9 Å². The van der Waals surface area contributed by atoms with Gasteiger partial charge in [0.1, 0.15) is 5.75 Å². The number of nitrogens with zero attached hydrogens (tertiary/aromatic N) is 2. The van der Waals surface area contributed by atoms with Crippen LogP contribution < -0.4 is 15.6 Å². The van der Waals surface area contributed by atoms with Crippen LogP contribution in [-0.2, 0) is 13.1 Å². The van der Waals surface area contributed by atoms with Crippen LogP contribution in [0, 0.1) is 0 Å². The Morgan fingerprint density at radius 1 is 0.974 bits per heavy atom. The molecule has 0 atom stereocenters. The second-order valence-corrected chi connectivity index (χ2v) is 10.1. The molecule has 0 spiro atoms. The minimum absolute atomic E-state index is 0.194. The van der Waals surface area contributed by atoms with Gasteiger partial charge in [-0.25, -0.2) is 0 Å². The van der Waals surface area contributed by atoms with Crippen molar-refractivity contribution in [3.05, 3.63) is 105 Å². The quantitative estimate of drug-likeness (QED) is 0.258. The van der Waals surface area contributed by atoms with E-state index in [1.165, 1.54) is 16.9 Å². The first-order valence-electron chi connectivity index (χ1n) is 12.8. The van der Waals surface area contributed by atoms with Crippen LogP contribution in [0.3, 0.4) is 0 Å². The molecule has 1 N–H and O–H groups in total. The molecule has 0 aliphatic rings. The Morgan fingerprint density at radius 2 is 1.76 bits per heavy atom. The van der Waals surface area contributed by atoms with Gasteiger partial charge in [-0.3, -0.25) is 18.9 Å². The first kappa shape index (κ1) is 25.7. The first-order chi connectivity index (χ1) is 18.5. The monoisotopic (exact) mass is 525 g/mol. The van der Waals surface area contributed by atoms with E-state index >= 15 is 0 Å². The van der Waals surface area contributed by atoms with Gasteiger partial charge < -0.3 is 10.1 Å². The Kier molecular flexibility index (Phi) is 7.58. The number of aromatic nitrogens is 1. The molecular weight excluding hydrogens is 494 g/mol. The number of para-hydroxylation sites is 1. The number of carbonyl (C=O) groups is 1. The number of carbonyl (C=O) groups excluding carboxylic acids is 1. The Hall–Kier alpha value is -3.94. The molecule has 0 fully saturated rings. The predicted octanol–water partition coefficient (Wildman–Crippen LogP) is 5.96. The standard InChI is InChI=1S/C31H31N3O3S/c1-4-33(5-2)20-22-10-8-9-21(17-22)19-32-30(35)26-18-25(24-11-6-7-12-27(24)37-3)31(36)34-15-13-23-14-16-38-29(23)28(26)34/h6-18H,4-5,19-20H2,1-3H3,(H,32,35). The lowest BCUT2D eigenvalue weighted by molar-refractivity contribution is 0.0952. The summed E-state index contributed by atoms with van der Waals surface area (Å²) in [5, 5.41) is 6.08. The highest BCUT2D eigenvalue weighted by Crippen LogP contribution is 2.32. The molecule has 0 saturated heterocycles. The van der Waals surface area contributed by atoms with Crippen molar-refractivity contribution in [2.75, 3.05) is 20.2 Å². The van der Waals surface area contributed by atoms with E-state index in [2.05, 4.69) is 36.2 Å². The minimum atomic E-state index is -0.228. The van der Waals surface area contributed by atoms with Gasteiger partial charge in [-0.15, -0.1) is 11.3 Å². The molecule has 5 rings (SSSR count). The van der Waals surface area contributed by atoms with Crippen molar-refractivity contribution in [3.8, 4) is 16.9 Å². The number of amides is 1. The topological polar surface area (TPSA) is 63.1 Å².